The molecule has 3 aromatic rings. The van der Waals surface area contributed by atoms with E-state index in [1.807, 2.05) is 18.2 Å². The minimum absolute atomic E-state index is 0.0324. The number of nitrogens with zero attached hydrogens (tertiary/aromatic N) is 2. The molecule has 1 aromatic heterocycles. The summed E-state index contributed by atoms with van der Waals surface area (Å²) in [6, 6.07) is 13.6. The fourth-order valence-electron chi connectivity index (χ4n) is 4.00. The van der Waals surface area contributed by atoms with Crippen molar-refractivity contribution in [2.75, 3.05) is 0 Å². The van der Waals surface area contributed by atoms with Crippen LogP contribution < -0.4 is 10.9 Å². The van der Waals surface area contributed by atoms with Gasteiger partial charge in [0.2, 0.25) is 5.91 Å². The maximum Gasteiger partial charge on any atom is 0.261 e. The predicted octanol–water partition coefficient (Wildman–Crippen LogP) is 4.09. The summed E-state index contributed by atoms with van der Waals surface area (Å²) in [6.07, 6.45) is 3.32. The summed E-state index contributed by atoms with van der Waals surface area (Å²) in [7, 11) is 0. The molecule has 1 unspecified atom stereocenters. The van der Waals surface area contributed by atoms with Crippen LogP contribution in [0.4, 0.5) is 0 Å². The van der Waals surface area contributed by atoms with Gasteiger partial charge in [0.25, 0.3) is 5.56 Å². The van der Waals surface area contributed by atoms with E-state index in [0.717, 1.165) is 17.3 Å². The molecule has 2 aromatic carbocycles. The zero-order chi connectivity index (χ0) is 19.9. The second-order valence-corrected chi connectivity index (χ2v) is 8.88. The van der Waals surface area contributed by atoms with E-state index in [9.17, 15) is 9.59 Å². The second-order valence-electron chi connectivity index (χ2n) is 7.97. The van der Waals surface area contributed by atoms with E-state index in [1.165, 1.54) is 22.0 Å². The SMILES string of the molecule is CC1(C)CCC(NC(=O)Cn2cnc3ccc(Br)cc3c2=O)c2ccccc21. The normalized spacial score (nSPS) is 17.9. The monoisotopic (exact) mass is 439 g/mol. The second kappa shape index (κ2) is 7.17. The first kappa shape index (κ1) is 18.9. The van der Waals surface area contributed by atoms with Gasteiger partial charge in [-0.2, -0.15) is 0 Å². The molecule has 6 heteroatoms. The maximum atomic E-state index is 12.7. The molecule has 5 nitrogen and oxygen atoms in total. The van der Waals surface area contributed by atoms with Crippen LogP contribution in [0, 0.1) is 0 Å². The number of nitrogens with one attached hydrogen (secondary N) is 1. The number of hydrogen-bond donors (Lipinski definition) is 1. The van der Waals surface area contributed by atoms with E-state index >= 15 is 0 Å². The highest BCUT2D eigenvalue weighted by Crippen LogP contribution is 2.41. The molecule has 0 spiro atoms. The molecule has 0 aliphatic heterocycles. The molecule has 1 amide bonds. The number of halogens is 1. The molecule has 0 bridgehead atoms. The Morgan fingerprint density at radius 1 is 1.29 bits per heavy atom. The average molecular weight is 440 g/mol. The molecule has 1 aliphatic rings. The third kappa shape index (κ3) is 3.49. The first-order valence-corrected chi connectivity index (χ1v) is 10.2. The maximum absolute atomic E-state index is 12.7. The summed E-state index contributed by atoms with van der Waals surface area (Å²) < 4.78 is 2.17. The summed E-state index contributed by atoms with van der Waals surface area (Å²) in [5, 5.41) is 3.61. The average Bonchev–Trinajstić information content (AvgIpc) is 2.67. The number of amides is 1. The summed E-state index contributed by atoms with van der Waals surface area (Å²) in [5.74, 6) is -0.183. The Morgan fingerprint density at radius 2 is 2.07 bits per heavy atom. The van der Waals surface area contributed by atoms with Crippen molar-refractivity contribution in [1.29, 1.82) is 0 Å². The van der Waals surface area contributed by atoms with Crippen molar-refractivity contribution in [3.8, 4) is 0 Å². The van der Waals surface area contributed by atoms with Crippen molar-refractivity contribution < 1.29 is 4.79 Å². The van der Waals surface area contributed by atoms with E-state index in [1.54, 1.807) is 12.1 Å². The summed E-state index contributed by atoms with van der Waals surface area (Å²) in [5.41, 5.74) is 2.95. The van der Waals surface area contributed by atoms with Crippen molar-refractivity contribution in [2.24, 2.45) is 0 Å². The molecule has 1 heterocycles. The molecular weight excluding hydrogens is 418 g/mol. The molecule has 0 fully saturated rings. The van der Waals surface area contributed by atoms with Crippen molar-refractivity contribution in [2.45, 2.75) is 44.7 Å². The lowest BCUT2D eigenvalue weighted by molar-refractivity contribution is -0.122. The number of hydrogen-bond acceptors (Lipinski definition) is 3. The van der Waals surface area contributed by atoms with Gasteiger partial charge in [-0.05, 0) is 47.6 Å². The van der Waals surface area contributed by atoms with Crippen LogP contribution in [0.15, 0.2) is 58.1 Å². The molecule has 0 saturated carbocycles. The van der Waals surface area contributed by atoms with E-state index in [-0.39, 0.29) is 29.5 Å². The molecule has 28 heavy (non-hydrogen) atoms. The largest absolute Gasteiger partial charge is 0.348 e. The Labute approximate surface area is 171 Å². The molecule has 144 valence electrons. The van der Waals surface area contributed by atoms with E-state index in [2.05, 4.69) is 52.2 Å². The molecule has 1 N–H and O–H groups in total. The third-order valence-corrected chi connectivity index (χ3v) is 6.05. The summed E-state index contributed by atoms with van der Waals surface area (Å²) in [4.78, 5) is 29.7. The zero-order valence-electron chi connectivity index (χ0n) is 15.9. The highest BCUT2D eigenvalue weighted by Gasteiger charge is 2.32. The molecule has 1 atom stereocenters. The minimum atomic E-state index is -0.216. The lowest BCUT2D eigenvalue weighted by Crippen LogP contribution is -2.38. The van der Waals surface area contributed by atoms with Gasteiger partial charge in [-0.3, -0.25) is 14.2 Å². The smallest absolute Gasteiger partial charge is 0.261 e. The van der Waals surface area contributed by atoms with Crippen LogP contribution in [-0.2, 0) is 16.8 Å². The van der Waals surface area contributed by atoms with Gasteiger partial charge < -0.3 is 5.32 Å². The van der Waals surface area contributed by atoms with Crippen molar-refractivity contribution in [1.82, 2.24) is 14.9 Å². The molecule has 0 radical (unpaired) electrons. The van der Waals surface area contributed by atoms with Gasteiger partial charge in [-0.15, -0.1) is 0 Å². The quantitative estimate of drug-likeness (QED) is 0.668. The third-order valence-electron chi connectivity index (χ3n) is 5.56. The molecule has 0 saturated heterocycles. The lowest BCUT2D eigenvalue weighted by atomic mass is 9.71. The van der Waals surface area contributed by atoms with Crippen LogP contribution in [0.5, 0.6) is 0 Å². The molecule has 4 rings (SSSR count). The Morgan fingerprint density at radius 3 is 2.89 bits per heavy atom. The van der Waals surface area contributed by atoms with Gasteiger partial charge >= 0.3 is 0 Å². The number of carbonyl (C=O) groups is 1. The Kier molecular flexibility index (Phi) is 4.83. The van der Waals surface area contributed by atoms with Gasteiger partial charge in [0.1, 0.15) is 6.54 Å². The van der Waals surface area contributed by atoms with Gasteiger partial charge in [0, 0.05) is 4.47 Å². The highest BCUT2D eigenvalue weighted by molar-refractivity contribution is 9.10. The summed E-state index contributed by atoms with van der Waals surface area (Å²) in [6.45, 7) is 4.43. The first-order chi connectivity index (χ1) is 13.3. The Hall–Kier alpha value is -2.47. The van der Waals surface area contributed by atoms with Crippen LogP contribution in [0.1, 0.15) is 43.9 Å². The molecule has 1 aliphatic carbocycles. The van der Waals surface area contributed by atoms with Crippen molar-refractivity contribution >= 4 is 32.7 Å². The number of carbonyl (C=O) groups excluding carboxylic acids is 1. The van der Waals surface area contributed by atoms with Gasteiger partial charge in [-0.1, -0.05) is 54.0 Å². The fraction of sp³-hybridized carbons (Fsp3) is 0.318. The molecular formula is C22H22BrN3O2. The minimum Gasteiger partial charge on any atom is -0.348 e. The van der Waals surface area contributed by atoms with E-state index in [0.29, 0.717) is 10.9 Å². The first-order valence-electron chi connectivity index (χ1n) is 9.39. The van der Waals surface area contributed by atoms with Crippen molar-refractivity contribution in [3.05, 3.63) is 74.7 Å². The Bertz CT molecular complexity index is 1120. The predicted molar refractivity (Wildman–Crippen MR) is 113 cm³/mol. The van der Waals surface area contributed by atoms with Gasteiger partial charge in [0.15, 0.2) is 0 Å². The number of benzene rings is 2. The zero-order valence-corrected chi connectivity index (χ0v) is 17.5. The number of aromatic nitrogens is 2. The summed E-state index contributed by atoms with van der Waals surface area (Å²) >= 11 is 3.38. The Balaban J connectivity index is 1.57. The van der Waals surface area contributed by atoms with Crippen LogP contribution in [-0.4, -0.2) is 15.5 Å². The van der Waals surface area contributed by atoms with Gasteiger partial charge in [0.05, 0.1) is 23.3 Å². The topological polar surface area (TPSA) is 64.0 Å². The standard InChI is InChI=1S/C22H22BrN3O2/c1-22(2)10-9-19(15-5-3-4-6-17(15)22)25-20(27)12-26-13-24-18-8-7-14(23)11-16(18)21(26)28/h3-8,11,13,19H,9-10,12H2,1-2H3,(H,25,27). The van der Waals surface area contributed by atoms with Crippen LogP contribution in [0.2, 0.25) is 0 Å². The van der Waals surface area contributed by atoms with E-state index in [4.69, 9.17) is 0 Å². The van der Waals surface area contributed by atoms with Crippen LogP contribution >= 0.6 is 15.9 Å². The van der Waals surface area contributed by atoms with Crippen LogP contribution in [0.3, 0.4) is 0 Å². The number of rotatable bonds is 3. The van der Waals surface area contributed by atoms with Crippen LogP contribution in [0.25, 0.3) is 10.9 Å². The van der Waals surface area contributed by atoms with Gasteiger partial charge in [-0.25, -0.2) is 4.98 Å². The number of fused-ring (bicyclic) bond motifs is 2. The lowest BCUT2D eigenvalue weighted by Gasteiger charge is -2.37. The fourth-order valence-corrected chi connectivity index (χ4v) is 4.36. The highest BCUT2D eigenvalue weighted by atomic mass is 79.9. The van der Waals surface area contributed by atoms with Crippen molar-refractivity contribution in [3.63, 3.8) is 0 Å². The van der Waals surface area contributed by atoms with E-state index < -0.39 is 0 Å².